The maximum Gasteiger partial charge on any atom is 0.263 e. The van der Waals surface area contributed by atoms with E-state index in [0.29, 0.717) is 18.3 Å². The van der Waals surface area contributed by atoms with E-state index in [4.69, 9.17) is 4.74 Å². The molecule has 0 aromatic heterocycles. The third kappa shape index (κ3) is 3.01. The Morgan fingerprint density at radius 3 is 2.50 bits per heavy atom. The Hall–Kier alpha value is -1.84. The summed E-state index contributed by atoms with van der Waals surface area (Å²) in [4.78, 5) is 14.6. The van der Waals surface area contributed by atoms with Crippen molar-refractivity contribution in [2.75, 3.05) is 13.1 Å². The Balaban J connectivity index is 1.66. The summed E-state index contributed by atoms with van der Waals surface area (Å²) in [5.74, 6) is 0.856. The molecule has 1 aromatic carbocycles. The van der Waals surface area contributed by atoms with Gasteiger partial charge >= 0.3 is 0 Å². The monoisotopic (exact) mass is 303 g/mol. The Morgan fingerprint density at radius 2 is 1.91 bits per heavy atom. The first kappa shape index (κ1) is 15.1. The topological polar surface area (TPSA) is 29.5 Å². The number of amides is 1. The van der Waals surface area contributed by atoms with Crippen molar-refractivity contribution < 1.29 is 13.9 Å². The van der Waals surface area contributed by atoms with Gasteiger partial charge < -0.3 is 9.64 Å². The Kier molecular flexibility index (Phi) is 4.46. The number of rotatable bonds is 4. The molecule has 0 N–H and O–H groups in total. The molecule has 0 unspecified atom stereocenters. The third-order valence-corrected chi connectivity index (χ3v) is 4.68. The van der Waals surface area contributed by atoms with Crippen LogP contribution in [0, 0.1) is 17.7 Å². The molecule has 0 spiro atoms. The molecule has 3 atom stereocenters. The molecular formula is C18H22FNO2. The van der Waals surface area contributed by atoms with Gasteiger partial charge in [-0.15, -0.1) is 0 Å². The van der Waals surface area contributed by atoms with Gasteiger partial charge in [0, 0.05) is 13.1 Å². The molecule has 22 heavy (non-hydrogen) atoms. The van der Waals surface area contributed by atoms with E-state index in [1.165, 1.54) is 6.07 Å². The predicted molar refractivity (Wildman–Crippen MR) is 83.0 cm³/mol. The third-order valence-electron chi connectivity index (χ3n) is 4.68. The van der Waals surface area contributed by atoms with E-state index in [0.717, 1.165) is 25.9 Å². The van der Waals surface area contributed by atoms with Gasteiger partial charge in [0.1, 0.15) is 0 Å². The van der Waals surface area contributed by atoms with Gasteiger partial charge in [0.25, 0.3) is 5.91 Å². The van der Waals surface area contributed by atoms with Crippen LogP contribution in [-0.4, -0.2) is 30.0 Å². The number of nitrogens with zero attached hydrogens (tertiary/aromatic N) is 1. The first-order chi connectivity index (χ1) is 10.7. The molecule has 1 aromatic rings. The number of fused-ring (bicyclic) bond motifs is 1. The summed E-state index contributed by atoms with van der Waals surface area (Å²) < 4.78 is 19.4. The molecule has 1 heterocycles. The number of carbonyl (C=O) groups excluding carboxylic acids is 1. The second-order valence-corrected chi connectivity index (χ2v) is 6.15. The highest BCUT2D eigenvalue weighted by molar-refractivity contribution is 5.81. The minimum absolute atomic E-state index is 0.0137. The van der Waals surface area contributed by atoms with Crippen molar-refractivity contribution in [3.8, 4) is 5.75 Å². The lowest BCUT2D eigenvalue weighted by Gasteiger charge is -2.23. The van der Waals surface area contributed by atoms with Gasteiger partial charge in [0.05, 0.1) is 0 Å². The van der Waals surface area contributed by atoms with Gasteiger partial charge in [-0.05, 0) is 43.2 Å². The summed E-state index contributed by atoms with van der Waals surface area (Å²) in [5.41, 5.74) is 0. The lowest BCUT2D eigenvalue weighted by molar-refractivity contribution is -0.138. The molecule has 1 fully saturated rings. The van der Waals surface area contributed by atoms with Crippen molar-refractivity contribution in [2.24, 2.45) is 11.8 Å². The van der Waals surface area contributed by atoms with Crippen LogP contribution in [0.25, 0.3) is 0 Å². The molecule has 1 aliphatic carbocycles. The second kappa shape index (κ2) is 6.51. The Morgan fingerprint density at radius 1 is 1.27 bits per heavy atom. The lowest BCUT2D eigenvalue weighted by Crippen LogP contribution is -2.40. The van der Waals surface area contributed by atoms with Crippen molar-refractivity contribution in [3.63, 3.8) is 0 Å². The summed E-state index contributed by atoms with van der Waals surface area (Å²) in [6.45, 7) is 3.49. The summed E-state index contributed by atoms with van der Waals surface area (Å²) in [6, 6.07) is 6.25. The van der Waals surface area contributed by atoms with Crippen molar-refractivity contribution in [1.82, 2.24) is 4.90 Å². The molecule has 2 aliphatic rings. The molecule has 1 amide bonds. The number of halogens is 1. The molecule has 0 bridgehead atoms. The molecule has 3 rings (SSSR count). The van der Waals surface area contributed by atoms with Crippen LogP contribution < -0.4 is 4.74 Å². The maximum atomic E-state index is 13.7. The predicted octanol–water partition coefficient (Wildman–Crippen LogP) is 3.41. The van der Waals surface area contributed by atoms with Crippen LogP contribution in [0.2, 0.25) is 0 Å². The highest BCUT2D eigenvalue weighted by atomic mass is 19.1. The van der Waals surface area contributed by atoms with Crippen molar-refractivity contribution in [3.05, 3.63) is 42.2 Å². The fraction of sp³-hybridized carbons (Fsp3) is 0.500. The van der Waals surface area contributed by atoms with E-state index in [2.05, 4.69) is 12.2 Å². The Labute approximate surface area is 130 Å². The number of para-hydroxylation sites is 1. The number of hydrogen-bond acceptors (Lipinski definition) is 2. The minimum atomic E-state index is -0.606. The zero-order valence-corrected chi connectivity index (χ0v) is 12.9. The summed E-state index contributed by atoms with van der Waals surface area (Å²) in [5, 5.41) is 0. The number of ether oxygens (including phenoxy) is 1. The Bertz CT molecular complexity index is 556. The van der Waals surface area contributed by atoms with Gasteiger partial charge in [-0.1, -0.05) is 31.2 Å². The summed E-state index contributed by atoms with van der Waals surface area (Å²) in [7, 11) is 0. The highest BCUT2D eigenvalue weighted by Gasteiger charge is 2.37. The fourth-order valence-corrected chi connectivity index (χ4v) is 3.40. The van der Waals surface area contributed by atoms with Crippen LogP contribution in [-0.2, 0) is 4.79 Å². The molecule has 1 saturated heterocycles. The molecule has 4 heteroatoms. The van der Waals surface area contributed by atoms with Crippen LogP contribution in [0.4, 0.5) is 4.39 Å². The van der Waals surface area contributed by atoms with Gasteiger partial charge in [-0.25, -0.2) is 4.39 Å². The van der Waals surface area contributed by atoms with Crippen LogP contribution in [0.1, 0.15) is 26.2 Å². The van der Waals surface area contributed by atoms with Crippen LogP contribution in [0.5, 0.6) is 5.75 Å². The maximum absolute atomic E-state index is 13.7. The van der Waals surface area contributed by atoms with E-state index in [-0.39, 0.29) is 11.7 Å². The normalized spacial score (nSPS) is 24.9. The van der Waals surface area contributed by atoms with Gasteiger partial charge in [0.2, 0.25) is 0 Å². The van der Waals surface area contributed by atoms with Gasteiger partial charge in [-0.2, -0.15) is 0 Å². The van der Waals surface area contributed by atoms with Gasteiger partial charge in [0.15, 0.2) is 17.7 Å². The summed E-state index contributed by atoms with van der Waals surface area (Å²) in [6.07, 6.45) is 6.46. The fourth-order valence-electron chi connectivity index (χ4n) is 3.40. The molecule has 0 radical (unpaired) electrons. The van der Waals surface area contributed by atoms with Crippen LogP contribution in [0.15, 0.2) is 36.4 Å². The van der Waals surface area contributed by atoms with E-state index >= 15 is 0 Å². The van der Waals surface area contributed by atoms with Crippen LogP contribution >= 0.6 is 0 Å². The van der Waals surface area contributed by atoms with Crippen LogP contribution in [0.3, 0.4) is 0 Å². The first-order valence-electron chi connectivity index (χ1n) is 8.04. The molecule has 0 saturated carbocycles. The van der Waals surface area contributed by atoms with E-state index < -0.39 is 11.9 Å². The molecule has 3 nitrogen and oxygen atoms in total. The second-order valence-electron chi connectivity index (χ2n) is 6.15. The zero-order valence-electron chi connectivity index (χ0n) is 12.9. The average molecular weight is 303 g/mol. The first-order valence-corrected chi connectivity index (χ1v) is 8.04. The summed E-state index contributed by atoms with van der Waals surface area (Å²) >= 11 is 0. The standard InChI is InChI=1S/C18H22FNO2/c1-2-16(22-17-10-6-5-9-15(17)19)18(21)20-11-13-7-3-4-8-14(13)12-20/h3-6,9-10,13-14,16H,2,7-8,11-12H2,1H3/t13-,14+,16-/m1/s1. The lowest BCUT2D eigenvalue weighted by atomic mass is 9.86. The van der Waals surface area contributed by atoms with Crippen molar-refractivity contribution in [1.29, 1.82) is 0 Å². The number of likely N-dealkylation sites (tertiary alicyclic amines) is 1. The number of carbonyl (C=O) groups is 1. The SMILES string of the molecule is CC[C@@H](Oc1ccccc1F)C(=O)N1C[C@H]2CC=CC[C@H]2C1. The number of hydrogen-bond donors (Lipinski definition) is 0. The van der Waals surface area contributed by atoms with Crippen molar-refractivity contribution >= 4 is 5.91 Å². The van der Waals surface area contributed by atoms with E-state index in [1.807, 2.05) is 11.8 Å². The number of benzene rings is 1. The largest absolute Gasteiger partial charge is 0.478 e. The smallest absolute Gasteiger partial charge is 0.263 e. The van der Waals surface area contributed by atoms with E-state index in [9.17, 15) is 9.18 Å². The van der Waals surface area contributed by atoms with Gasteiger partial charge in [-0.3, -0.25) is 4.79 Å². The minimum Gasteiger partial charge on any atom is -0.478 e. The quantitative estimate of drug-likeness (QED) is 0.798. The average Bonchev–Trinajstić information content (AvgIpc) is 2.97. The highest BCUT2D eigenvalue weighted by Crippen LogP contribution is 2.33. The van der Waals surface area contributed by atoms with E-state index in [1.54, 1.807) is 18.2 Å². The molecule has 1 aliphatic heterocycles. The number of allylic oxidation sites excluding steroid dienone is 2. The molecular weight excluding hydrogens is 281 g/mol. The van der Waals surface area contributed by atoms with Crippen molar-refractivity contribution in [2.45, 2.75) is 32.3 Å². The molecule has 118 valence electrons. The zero-order chi connectivity index (χ0) is 15.5.